The number of carbonyl (C=O) groups is 1. The highest BCUT2D eigenvalue weighted by Crippen LogP contribution is 2.24. The number of para-hydroxylation sites is 1. The second-order valence-electron chi connectivity index (χ2n) is 7.38. The van der Waals surface area contributed by atoms with Crippen molar-refractivity contribution in [2.75, 3.05) is 17.1 Å². The predicted octanol–water partition coefficient (Wildman–Crippen LogP) is 3.98. The third-order valence-electron chi connectivity index (χ3n) is 4.92. The van der Waals surface area contributed by atoms with Crippen LogP contribution in [-0.4, -0.2) is 27.1 Å². The molecule has 0 saturated carbocycles. The van der Waals surface area contributed by atoms with Gasteiger partial charge in [-0.3, -0.25) is 9.10 Å². The Morgan fingerprint density at radius 3 is 2.03 bits per heavy atom. The number of nitrogens with one attached hydrogen (secondary N) is 1. The number of carbonyl (C=O) groups excluding carboxylic acids is 1. The fourth-order valence-electron chi connectivity index (χ4n) is 3.32. The Balaban J connectivity index is 1.89. The van der Waals surface area contributed by atoms with Gasteiger partial charge in [0.2, 0.25) is 15.9 Å². The first kappa shape index (κ1) is 21.6. The topological polar surface area (TPSA) is 66.5 Å². The zero-order valence-corrected chi connectivity index (χ0v) is 18.2. The van der Waals surface area contributed by atoms with Crippen molar-refractivity contribution in [3.63, 3.8) is 0 Å². The van der Waals surface area contributed by atoms with E-state index in [-0.39, 0.29) is 18.5 Å². The summed E-state index contributed by atoms with van der Waals surface area (Å²) in [5.41, 5.74) is 4.27. The van der Waals surface area contributed by atoms with Gasteiger partial charge in [-0.15, -0.1) is 0 Å². The van der Waals surface area contributed by atoms with Crippen LogP contribution in [0.2, 0.25) is 0 Å². The summed E-state index contributed by atoms with van der Waals surface area (Å²) in [5.74, 6) is -0.377. The molecule has 1 atom stereocenters. The van der Waals surface area contributed by atoms with E-state index < -0.39 is 10.0 Å². The van der Waals surface area contributed by atoms with E-state index >= 15 is 0 Å². The molecule has 0 bridgehead atoms. The molecule has 0 aromatic heterocycles. The van der Waals surface area contributed by atoms with Crippen LogP contribution < -0.4 is 9.62 Å². The summed E-state index contributed by atoms with van der Waals surface area (Å²) in [6, 6.07) is 24.3. The van der Waals surface area contributed by atoms with E-state index in [0.717, 1.165) is 32.8 Å². The molecule has 0 aliphatic rings. The number of benzene rings is 3. The molecule has 0 unspecified atom stereocenters. The zero-order chi connectivity index (χ0) is 21.7. The SMILES string of the molecule is Cc1ccc([C@H](NC(=O)CN(c2ccccc2C)S(C)(=O)=O)c2ccccc2)cc1. The van der Waals surface area contributed by atoms with Gasteiger partial charge in [-0.2, -0.15) is 0 Å². The van der Waals surface area contributed by atoms with Crippen molar-refractivity contribution in [3.05, 3.63) is 101 Å². The first-order valence-electron chi connectivity index (χ1n) is 9.70. The van der Waals surface area contributed by atoms with Crippen molar-refractivity contribution < 1.29 is 13.2 Å². The number of nitrogens with zero attached hydrogens (tertiary/aromatic N) is 1. The van der Waals surface area contributed by atoms with E-state index in [1.54, 1.807) is 12.1 Å². The molecule has 0 aliphatic heterocycles. The van der Waals surface area contributed by atoms with E-state index in [0.29, 0.717) is 5.69 Å². The molecule has 0 saturated heterocycles. The Morgan fingerprint density at radius 1 is 0.867 bits per heavy atom. The van der Waals surface area contributed by atoms with E-state index in [4.69, 9.17) is 0 Å². The van der Waals surface area contributed by atoms with Gasteiger partial charge in [-0.05, 0) is 36.6 Å². The number of amides is 1. The van der Waals surface area contributed by atoms with Crippen LogP contribution in [0.3, 0.4) is 0 Å². The Morgan fingerprint density at radius 2 is 1.43 bits per heavy atom. The summed E-state index contributed by atoms with van der Waals surface area (Å²) in [5, 5.41) is 3.02. The van der Waals surface area contributed by atoms with Crippen molar-refractivity contribution >= 4 is 21.6 Å². The number of sulfonamides is 1. The summed E-state index contributed by atoms with van der Waals surface area (Å²) in [7, 11) is -3.63. The molecular weight excluding hydrogens is 396 g/mol. The summed E-state index contributed by atoms with van der Waals surface area (Å²) in [4.78, 5) is 13.0. The molecule has 0 fully saturated rings. The van der Waals surface area contributed by atoms with Crippen LogP contribution in [0.4, 0.5) is 5.69 Å². The van der Waals surface area contributed by atoms with Crippen molar-refractivity contribution in [2.24, 2.45) is 0 Å². The highest BCUT2D eigenvalue weighted by atomic mass is 32.2. The van der Waals surface area contributed by atoms with E-state index in [9.17, 15) is 13.2 Å². The van der Waals surface area contributed by atoms with Gasteiger partial charge in [-0.25, -0.2) is 8.42 Å². The minimum Gasteiger partial charge on any atom is -0.344 e. The van der Waals surface area contributed by atoms with Gasteiger partial charge in [0.1, 0.15) is 6.54 Å². The molecule has 6 heteroatoms. The molecule has 0 heterocycles. The van der Waals surface area contributed by atoms with Gasteiger partial charge in [0, 0.05) is 0 Å². The van der Waals surface area contributed by atoms with Crippen LogP contribution >= 0.6 is 0 Å². The second kappa shape index (κ2) is 9.13. The maximum Gasteiger partial charge on any atom is 0.241 e. The van der Waals surface area contributed by atoms with Crippen molar-refractivity contribution in [1.29, 1.82) is 0 Å². The lowest BCUT2D eigenvalue weighted by molar-refractivity contribution is -0.120. The molecule has 3 aromatic carbocycles. The molecule has 1 amide bonds. The molecule has 3 aromatic rings. The van der Waals surface area contributed by atoms with Gasteiger partial charge in [-0.1, -0.05) is 78.4 Å². The fourth-order valence-corrected chi connectivity index (χ4v) is 4.24. The Labute approximate surface area is 178 Å². The molecular formula is C24H26N2O3S. The number of hydrogen-bond acceptors (Lipinski definition) is 3. The van der Waals surface area contributed by atoms with Crippen LogP contribution in [0.5, 0.6) is 0 Å². The standard InChI is InChI=1S/C24H26N2O3S/c1-18-13-15-21(16-14-18)24(20-10-5-4-6-11-20)25-23(27)17-26(30(3,28)29)22-12-8-7-9-19(22)2/h4-16,24H,17H2,1-3H3,(H,25,27)/t24-/m1/s1. The third-order valence-corrected chi connectivity index (χ3v) is 6.05. The Hall–Kier alpha value is -3.12. The van der Waals surface area contributed by atoms with Crippen molar-refractivity contribution in [1.82, 2.24) is 5.32 Å². The molecule has 5 nitrogen and oxygen atoms in total. The lowest BCUT2D eigenvalue weighted by atomic mass is 9.98. The van der Waals surface area contributed by atoms with Crippen molar-refractivity contribution in [3.8, 4) is 0 Å². The van der Waals surface area contributed by atoms with Gasteiger partial charge >= 0.3 is 0 Å². The lowest BCUT2D eigenvalue weighted by Gasteiger charge is -2.26. The van der Waals surface area contributed by atoms with Crippen LogP contribution in [0.1, 0.15) is 28.3 Å². The van der Waals surface area contributed by atoms with Gasteiger partial charge in [0.05, 0.1) is 18.0 Å². The Kier molecular flexibility index (Phi) is 6.57. The first-order valence-corrected chi connectivity index (χ1v) is 11.5. The van der Waals surface area contributed by atoms with Crippen molar-refractivity contribution in [2.45, 2.75) is 19.9 Å². The highest BCUT2D eigenvalue weighted by Gasteiger charge is 2.24. The number of aryl methyl sites for hydroxylation is 2. The maximum atomic E-state index is 13.0. The van der Waals surface area contributed by atoms with Crippen LogP contribution in [-0.2, 0) is 14.8 Å². The number of anilines is 1. The molecule has 0 spiro atoms. The summed E-state index contributed by atoms with van der Waals surface area (Å²) < 4.78 is 26.0. The summed E-state index contributed by atoms with van der Waals surface area (Å²) >= 11 is 0. The van der Waals surface area contributed by atoms with Crippen LogP contribution in [0.25, 0.3) is 0 Å². The van der Waals surface area contributed by atoms with Gasteiger partial charge < -0.3 is 5.32 Å². The summed E-state index contributed by atoms with van der Waals surface area (Å²) in [6.07, 6.45) is 1.11. The number of rotatable bonds is 7. The molecule has 0 aliphatic carbocycles. The monoisotopic (exact) mass is 422 g/mol. The van der Waals surface area contributed by atoms with E-state index in [1.807, 2.05) is 80.6 Å². The van der Waals surface area contributed by atoms with Gasteiger partial charge in [0.15, 0.2) is 0 Å². The maximum absolute atomic E-state index is 13.0. The smallest absolute Gasteiger partial charge is 0.241 e. The third kappa shape index (κ3) is 5.27. The largest absolute Gasteiger partial charge is 0.344 e. The average molecular weight is 423 g/mol. The molecule has 1 N–H and O–H groups in total. The second-order valence-corrected chi connectivity index (χ2v) is 9.28. The van der Waals surface area contributed by atoms with E-state index in [1.165, 1.54) is 0 Å². The normalized spacial score (nSPS) is 12.2. The van der Waals surface area contributed by atoms with Gasteiger partial charge in [0.25, 0.3) is 0 Å². The van der Waals surface area contributed by atoms with Crippen LogP contribution in [0.15, 0.2) is 78.9 Å². The number of hydrogen-bond donors (Lipinski definition) is 1. The van der Waals surface area contributed by atoms with E-state index in [2.05, 4.69) is 5.32 Å². The summed E-state index contributed by atoms with van der Waals surface area (Å²) in [6.45, 7) is 3.54. The molecule has 0 radical (unpaired) electrons. The highest BCUT2D eigenvalue weighted by molar-refractivity contribution is 7.92. The quantitative estimate of drug-likeness (QED) is 0.626. The zero-order valence-electron chi connectivity index (χ0n) is 17.4. The van der Waals surface area contributed by atoms with Crippen LogP contribution in [0, 0.1) is 13.8 Å². The minimum atomic E-state index is -3.63. The molecule has 156 valence electrons. The minimum absolute atomic E-state index is 0.293. The molecule has 30 heavy (non-hydrogen) atoms. The predicted molar refractivity (Wildman–Crippen MR) is 121 cm³/mol. The average Bonchev–Trinajstić information content (AvgIpc) is 2.71. The fraction of sp³-hybridized carbons (Fsp3) is 0.208. The lowest BCUT2D eigenvalue weighted by Crippen LogP contribution is -2.42. The Bertz CT molecular complexity index is 1110. The first-order chi connectivity index (χ1) is 14.3. The molecule has 3 rings (SSSR count).